The van der Waals surface area contributed by atoms with Crippen LogP contribution in [0.5, 0.6) is 0 Å². The Labute approximate surface area is 889 Å². The van der Waals surface area contributed by atoms with Crippen molar-refractivity contribution in [3.63, 3.8) is 0 Å². The molecule has 11 amide bonds. The second-order valence-corrected chi connectivity index (χ2v) is 49.1. The predicted octanol–water partition coefficient (Wildman–Crippen LogP) is 9.36. The molecule has 0 spiro atoms. The first-order chi connectivity index (χ1) is 70.6. The average molecular weight is 2270 g/mol. The van der Waals surface area contributed by atoms with E-state index in [-0.39, 0.29) is 135 Å². The number of aromatic nitrogens is 5. The van der Waals surface area contributed by atoms with Crippen molar-refractivity contribution < 1.29 is 121 Å². The zero-order chi connectivity index (χ0) is 112. The molecule has 5 aromatic carbocycles. The van der Waals surface area contributed by atoms with Crippen molar-refractivity contribution in [1.29, 1.82) is 0 Å². The highest BCUT2D eigenvalue weighted by atomic mass is 32.2. The van der Waals surface area contributed by atoms with E-state index in [1.54, 1.807) is 68.7 Å². The van der Waals surface area contributed by atoms with E-state index in [0.29, 0.717) is 65.7 Å². The van der Waals surface area contributed by atoms with Crippen molar-refractivity contribution in [3.05, 3.63) is 204 Å². The minimum absolute atomic E-state index is 0.0111. The summed E-state index contributed by atoms with van der Waals surface area (Å²) >= 11 is 5.94. The Kier molecular flexibility index (Phi) is 50.1. The Morgan fingerprint density at radius 3 is 0.820 bits per heavy atom. The van der Waals surface area contributed by atoms with E-state index in [4.69, 9.17) is 20.8 Å². The summed E-state index contributed by atoms with van der Waals surface area (Å²) in [5.41, 5.74) is 17.4. The lowest BCUT2D eigenvalue weighted by atomic mass is 9.98. The third-order valence-electron chi connectivity index (χ3n) is 21.8. The molecule has 0 fully saturated rings. The fraction of sp³-hybridized carbons (Fsp3) is 0.391. The van der Waals surface area contributed by atoms with Crippen molar-refractivity contribution in [3.8, 4) is 0 Å². The number of nitrogens with one attached hydrogen (secondary N) is 11. The van der Waals surface area contributed by atoms with Crippen LogP contribution >= 0.6 is 56.7 Å². The molecule has 5 aromatic heterocycles. The van der Waals surface area contributed by atoms with E-state index in [1.807, 2.05) is 55.4 Å². The van der Waals surface area contributed by atoms with Gasteiger partial charge in [0.2, 0.25) is 56.0 Å². The highest BCUT2D eigenvalue weighted by molar-refractivity contribution is 7.90. The Balaban J connectivity index is 0.000000286. The van der Waals surface area contributed by atoms with Gasteiger partial charge in [0.1, 0.15) is 54.6 Å². The number of sulfonamides is 5. The minimum Gasteiger partial charge on any atom is -0.355 e. The van der Waals surface area contributed by atoms with Gasteiger partial charge in [0, 0.05) is 68.7 Å². The second kappa shape index (κ2) is 59.5. The molecule has 0 saturated carbocycles. The van der Waals surface area contributed by atoms with E-state index < -0.39 is 110 Å². The van der Waals surface area contributed by atoms with Gasteiger partial charge in [-0.1, -0.05) is 95.9 Å². The smallest absolute Gasteiger partial charge is 0.267 e. The number of amides is 11. The van der Waals surface area contributed by atoms with Gasteiger partial charge in [-0.05, 0) is 184 Å². The number of rotatable bonds is 46. The molecule has 7 atom stereocenters. The van der Waals surface area contributed by atoms with Gasteiger partial charge in [0.05, 0.1) is 89.6 Å². The van der Waals surface area contributed by atoms with Crippen LogP contribution in [0, 0.1) is 35.5 Å². The van der Waals surface area contributed by atoms with E-state index in [9.17, 15) is 100 Å². The quantitative estimate of drug-likeness (QED) is 0.0125. The van der Waals surface area contributed by atoms with E-state index >= 15 is 0 Å². The summed E-state index contributed by atoms with van der Waals surface area (Å²) in [7, 11) is -14.3. The summed E-state index contributed by atoms with van der Waals surface area (Å²) < 4.78 is 136. The Hall–Kier alpha value is -12.3. The Morgan fingerprint density at radius 1 is 0.320 bits per heavy atom. The van der Waals surface area contributed by atoms with Gasteiger partial charge in [0.15, 0.2) is 0 Å². The maximum atomic E-state index is 13.4. The maximum absolute atomic E-state index is 13.4. The van der Waals surface area contributed by atoms with Crippen molar-refractivity contribution in [1.82, 2.24) is 84.1 Å². The molecule has 150 heavy (non-hydrogen) atoms. The number of hydrogen-bond acceptors (Lipinski definition) is 37. The number of anilines is 5. The van der Waals surface area contributed by atoms with E-state index in [0.717, 1.165) is 21.5 Å². The molecule has 5 heterocycles. The molecule has 7 unspecified atom stereocenters. The van der Waals surface area contributed by atoms with Gasteiger partial charge in [-0.25, -0.2) is 69.5 Å². The lowest BCUT2D eigenvalue weighted by Gasteiger charge is -2.34. The number of hydrogen-bond donors (Lipinski definition) is 16. The number of likely N-dealkylation sites (N-methyl/N-ethyl adjacent to an activating group) is 3. The van der Waals surface area contributed by atoms with Crippen LogP contribution in [0.25, 0.3) is 0 Å². The first kappa shape index (κ1) is 126. The molecule has 10 aromatic rings. The van der Waals surface area contributed by atoms with Crippen LogP contribution in [0.3, 0.4) is 0 Å². The Morgan fingerprint density at radius 2 is 0.567 bits per heavy atom. The molecule has 0 saturated heterocycles. The molecule has 0 aliphatic carbocycles. The summed E-state index contributed by atoms with van der Waals surface area (Å²) in [6.45, 7) is 23.5. The largest absolute Gasteiger partial charge is 0.355 e. The molecule has 0 aliphatic rings. The fourth-order valence-electron chi connectivity index (χ4n) is 13.8. The van der Waals surface area contributed by atoms with Crippen LogP contribution in [0.15, 0.2) is 204 Å². The van der Waals surface area contributed by atoms with Crippen LogP contribution in [0.4, 0.5) is 28.4 Å². The number of hydroxylamine groups is 5. The van der Waals surface area contributed by atoms with Gasteiger partial charge in [-0.3, -0.25) is 104 Å². The number of nitrogens with zero attached hydrogens (tertiary/aromatic N) is 11. The highest BCUT2D eigenvalue weighted by Crippen LogP contribution is 2.32. The fourth-order valence-corrected chi connectivity index (χ4v) is 24.6. The second-order valence-electron chi connectivity index (χ2n) is 35.0. The lowest BCUT2D eigenvalue weighted by Crippen LogP contribution is -2.53. The maximum Gasteiger partial charge on any atom is 0.267 e. The predicted molar refractivity (Wildman–Crippen MR) is 563 cm³/mol. The van der Waals surface area contributed by atoms with Crippen molar-refractivity contribution in [2.45, 2.75) is 164 Å². The van der Waals surface area contributed by atoms with Gasteiger partial charge in [-0.2, -0.15) is 21.5 Å². The molecular weight excluding hydrogens is 2150 g/mol. The van der Waals surface area contributed by atoms with Crippen molar-refractivity contribution >= 4 is 200 Å². The van der Waals surface area contributed by atoms with Gasteiger partial charge in [0.25, 0.3) is 59.1 Å². The zero-order valence-electron chi connectivity index (χ0n) is 84.6. The van der Waals surface area contributed by atoms with Crippen LogP contribution < -0.4 is 59.3 Å². The average Bonchev–Trinajstić information content (AvgIpc) is 0.976. The minimum atomic E-state index is -4.13. The lowest BCUT2D eigenvalue weighted by molar-refractivity contribution is -0.135. The molecule has 818 valence electrons. The zero-order valence-corrected chi connectivity index (χ0v) is 92.8. The van der Waals surface area contributed by atoms with E-state index in [2.05, 4.69) is 56.8 Å². The molecule has 16 N–H and O–H groups in total. The molecule has 48 nitrogen and oxygen atoms in total. The monoisotopic (exact) mass is 2270 g/mol. The van der Waals surface area contributed by atoms with Crippen LogP contribution in [-0.4, -0.2) is 276 Å². The summed E-state index contributed by atoms with van der Waals surface area (Å²) in [4.78, 5) is 156. The van der Waals surface area contributed by atoms with E-state index in [1.165, 1.54) is 263 Å². The molecule has 58 heteroatoms. The van der Waals surface area contributed by atoms with Gasteiger partial charge in [-0.15, -0.1) is 56.7 Å². The topological polar surface area (TPSA) is 676 Å². The first-order valence-corrected chi connectivity index (χ1v) is 57.4. The SMILES string of the molecule is CC(C)CN(C(C(=O)NO)C(C)C)S(=O)(=O)c1ccc(NC(=O)c2cncs2)cc1.CC(C)CN(C(C)C(=O)NO)S(=O)(=O)c1ccc(NC(=O)c2cncs2)cc1.CCC(C)C(C(=O)NO)N(C)S(=O)(=O)c1ccc(NC(=O)c2cncs2)cc1.CCC(C)C(C(=O)NO)N(CC(C)C)S(=O)(=O)c1ccc(NC(=O)c2cncs2)cc1.CN(C)CC(=O)NCCC(C(=O)NO)N(C)S(=O)(=O)c1ccc(NC(=O)c2cncs2)cc1. The van der Waals surface area contributed by atoms with Crippen molar-refractivity contribution in [2.24, 2.45) is 35.5 Å². The van der Waals surface area contributed by atoms with Crippen LogP contribution in [0.2, 0.25) is 0 Å². The first-order valence-electron chi connectivity index (χ1n) is 45.8. The van der Waals surface area contributed by atoms with Crippen LogP contribution in [0.1, 0.15) is 158 Å². The molecule has 0 radical (unpaired) electrons. The standard InChI is InChI=1S/C20H28N4O5S2.C19H26N6O6S2.C19H26N4O5S2.2C17H22N4O5S2/c1-5-14(4)18(20(26)23-27)24(11-13(2)3)31(28,29)16-8-6-15(7-9-16)22-19(25)17-10-21-12-30-17;1-24(2)11-17(26)21-9-8-15(18(27)23-29)25(3)33(30,31)14-6-4-13(5-7-14)22-19(28)16-10-20-12-32-16;1-12(2)10-23(17(13(3)4)19(25)22-26)30(27,28)15-7-5-14(6-8-15)21-18(24)16-9-20-11-29-16;1-11(2)9-21(12(3)16(22)20-24)28(25,26)14-6-4-13(5-7-14)19-17(23)15-8-18-10-27-15;1-4-11(2)15(17(23)20-24)21(3)28(25,26)13-7-5-12(6-8-13)19-16(22)14-9-18-10-27-14/h6-10,12-14,18,27H,5,11H2,1-4H3,(H,22,25)(H,23,26);4-7,10,12,15,29H,8-9,11H2,1-3H3,(H,21,26)(H,22,28)(H,23,27);5-9,11-13,17,26H,10H2,1-4H3,(H,21,24)(H,22,25);4-8,10-12,24H,9H2,1-3H3,(H,19,23)(H,20,22);5-11,15,24H,4H2,1-3H3,(H,19,22)(H,20,23). The number of thiazole rings is 5. The van der Waals surface area contributed by atoms with Crippen molar-refractivity contribution in [2.75, 3.05) is 87.5 Å². The number of carbonyl (C=O) groups excluding carboxylic acids is 11. The highest BCUT2D eigenvalue weighted by Gasteiger charge is 2.43. The summed E-state index contributed by atoms with van der Waals surface area (Å²) in [6.07, 6.45) is 8.22. The number of carbonyl (C=O) groups is 11. The van der Waals surface area contributed by atoms with Crippen LogP contribution in [-0.2, 0) is 78.9 Å². The number of benzene rings is 5. The molecule has 0 bridgehead atoms. The summed E-state index contributed by atoms with van der Waals surface area (Å²) in [5.74, 6) is -7.28. The normalized spacial score (nSPS) is 13.1. The van der Waals surface area contributed by atoms with Gasteiger partial charge < -0.3 is 36.8 Å². The summed E-state index contributed by atoms with van der Waals surface area (Å²) in [5, 5.41) is 61.1. The molecule has 10 rings (SSSR count). The Bertz CT molecular complexity index is 6670. The van der Waals surface area contributed by atoms with Gasteiger partial charge >= 0.3 is 0 Å². The molecular formula is C92H124N22O26S10. The summed E-state index contributed by atoms with van der Waals surface area (Å²) in [6, 6.07) is 22.6. The molecule has 0 aliphatic heterocycles. The third-order valence-corrected chi connectivity index (χ3v) is 35.0. The third kappa shape index (κ3) is 36.2.